The van der Waals surface area contributed by atoms with Crippen LogP contribution in [0.25, 0.3) is 0 Å². The Labute approximate surface area is 264 Å². The SMILES string of the molecule is Cc1cc2c(cc1OC(=O)OC1CCN(C)C1)C[C@@H](CCCS(=O)CCCC(F)(F)C(F)(F)F)[C@@H]1[C@@H]2CC[C@]2(C)C(=O)CC[C@@H]12. The average Bonchev–Trinajstić information content (AvgIpc) is 3.49. The van der Waals surface area contributed by atoms with Gasteiger partial charge in [-0.2, -0.15) is 22.0 Å². The third-order valence-corrected chi connectivity index (χ3v) is 12.4. The molecule has 0 spiro atoms. The monoisotopic (exact) mass is 661 g/mol. The van der Waals surface area contributed by atoms with Gasteiger partial charge in [-0.25, -0.2) is 4.79 Å². The van der Waals surface area contributed by atoms with E-state index in [1.165, 1.54) is 5.56 Å². The maximum absolute atomic E-state index is 13.3. The standard InChI is InChI=1S/C33H44F5NO5S/c1-20-16-25-22(18-27(20)44-30(41)43-23-10-13-39(3)19-23)17-21(29-24(25)9-12-31(2)26(29)7-8-28(31)40)6-4-14-45(42)15-5-11-32(34,35)33(36,37)38/h16,18,21,23-24,26,29H,4-15,17,19H2,1-3H3/t21-,23?,24-,26+,29-,31+,45?/m1/s1. The van der Waals surface area contributed by atoms with Gasteiger partial charge in [0.05, 0.1) is 0 Å². The average molecular weight is 662 g/mol. The highest BCUT2D eigenvalue weighted by Gasteiger charge is 2.57. The number of Topliss-reactive ketones (excluding diaryl/α,β-unsaturated/α-hetero) is 1. The van der Waals surface area contributed by atoms with E-state index < -0.39 is 41.9 Å². The molecular formula is C33H44F5NO5S. The topological polar surface area (TPSA) is 72.9 Å². The van der Waals surface area contributed by atoms with Gasteiger partial charge >= 0.3 is 18.3 Å². The van der Waals surface area contributed by atoms with Crippen LogP contribution in [0, 0.1) is 30.1 Å². The van der Waals surface area contributed by atoms with Crippen LogP contribution in [0.5, 0.6) is 5.75 Å². The molecule has 1 aromatic rings. The van der Waals surface area contributed by atoms with Crippen LogP contribution in [0.15, 0.2) is 12.1 Å². The van der Waals surface area contributed by atoms with Crippen molar-refractivity contribution < 1.29 is 45.2 Å². The summed E-state index contributed by atoms with van der Waals surface area (Å²) in [5, 5.41) is 0. The van der Waals surface area contributed by atoms with Crippen LogP contribution in [-0.2, 0) is 26.8 Å². The number of benzene rings is 1. The van der Waals surface area contributed by atoms with E-state index in [-0.39, 0.29) is 46.7 Å². The molecule has 1 heterocycles. The van der Waals surface area contributed by atoms with Crippen LogP contribution in [0.3, 0.4) is 0 Å². The summed E-state index contributed by atoms with van der Waals surface area (Å²) >= 11 is 0. The highest BCUT2D eigenvalue weighted by molar-refractivity contribution is 7.84. The number of alkyl halides is 5. The second-order valence-corrected chi connectivity index (χ2v) is 15.6. The first-order valence-electron chi connectivity index (χ1n) is 16.1. The fourth-order valence-corrected chi connectivity index (χ4v) is 9.69. The summed E-state index contributed by atoms with van der Waals surface area (Å²) in [4.78, 5) is 27.7. The van der Waals surface area contributed by atoms with Gasteiger partial charge in [-0.05, 0) is 112 Å². The first kappa shape index (κ1) is 34.3. The molecule has 5 rings (SSSR count). The Bertz CT molecular complexity index is 1300. The van der Waals surface area contributed by atoms with Gasteiger partial charge < -0.3 is 14.4 Å². The molecule has 2 saturated carbocycles. The predicted molar refractivity (Wildman–Crippen MR) is 160 cm³/mol. The summed E-state index contributed by atoms with van der Waals surface area (Å²) < 4.78 is 87.8. The van der Waals surface area contributed by atoms with Crippen molar-refractivity contribution in [3.05, 3.63) is 28.8 Å². The molecule has 0 radical (unpaired) electrons. The number of rotatable bonds is 10. The molecule has 1 aromatic carbocycles. The molecule has 6 nitrogen and oxygen atoms in total. The first-order chi connectivity index (χ1) is 21.1. The number of halogens is 5. The molecular weight excluding hydrogens is 617 g/mol. The smallest absolute Gasteiger partial charge is 0.429 e. The maximum Gasteiger partial charge on any atom is 0.514 e. The lowest BCUT2D eigenvalue weighted by atomic mass is 9.52. The summed E-state index contributed by atoms with van der Waals surface area (Å²) in [6.07, 6.45) is -2.58. The number of aryl methyl sites for hydroxylation is 1. The Balaban J connectivity index is 1.28. The van der Waals surface area contributed by atoms with Crippen molar-refractivity contribution in [2.75, 3.05) is 31.6 Å². The molecule has 1 aliphatic heterocycles. The van der Waals surface area contributed by atoms with Crippen LogP contribution >= 0.6 is 0 Å². The fourth-order valence-electron chi connectivity index (χ4n) is 8.53. The number of carbonyl (C=O) groups is 2. The Morgan fingerprint density at radius 3 is 2.53 bits per heavy atom. The molecule has 12 heteroatoms. The van der Waals surface area contributed by atoms with Crippen molar-refractivity contribution in [1.29, 1.82) is 0 Å². The summed E-state index contributed by atoms with van der Waals surface area (Å²) in [5.41, 5.74) is 2.79. The van der Waals surface area contributed by atoms with E-state index in [0.29, 0.717) is 43.8 Å². The number of fused-ring (bicyclic) bond motifs is 5. The van der Waals surface area contributed by atoms with Crippen LogP contribution < -0.4 is 4.74 Å². The lowest BCUT2D eigenvalue weighted by molar-refractivity contribution is -0.284. The van der Waals surface area contributed by atoms with Gasteiger partial charge in [0.2, 0.25) is 0 Å². The Morgan fingerprint density at radius 1 is 1.11 bits per heavy atom. The van der Waals surface area contributed by atoms with Crippen LogP contribution in [0.4, 0.5) is 26.7 Å². The molecule has 0 N–H and O–H groups in total. The molecule has 45 heavy (non-hydrogen) atoms. The number of ketones is 1. The molecule has 3 aliphatic carbocycles. The van der Waals surface area contributed by atoms with E-state index in [1.54, 1.807) is 0 Å². The largest absolute Gasteiger partial charge is 0.514 e. The lowest BCUT2D eigenvalue weighted by Crippen LogP contribution is -2.46. The quantitative estimate of drug-likeness (QED) is 0.148. The number of likely N-dealkylation sites (N-methyl/N-ethyl adjacent to an activating group) is 1. The summed E-state index contributed by atoms with van der Waals surface area (Å²) in [7, 11) is 0.464. The van der Waals surface area contributed by atoms with Crippen LogP contribution in [0.1, 0.15) is 87.3 Å². The van der Waals surface area contributed by atoms with Gasteiger partial charge in [0, 0.05) is 53.7 Å². The zero-order valence-corrected chi connectivity index (χ0v) is 27.0. The third-order valence-electron chi connectivity index (χ3n) is 10.9. The Hall–Kier alpha value is -2.08. The highest BCUT2D eigenvalue weighted by Crippen LogP contribution is 2.61. The number of nitrogens with zero attached hydrogens (tertiary/aromatic N) is 1. The van der Waals surface area contributed by atoms with Gasteiger partial charge in [0.1, 0.15) is 17.6 Å². The fraction of sp³-hybridized carbons (Fsp3) is 0.758. The second-order valence-electron chi connectivity index (χ2n) is 13.9. The summed E-state index contributed by atoms with van der Waals surface area (Å²) in [6.45, 7) is 5.53. The van der Waals surface area contributed by atoms with Gasteiger partial charge in [0.15, 0.2) is 0 Å². The van der Waals surface area contributed by atoms with Crippen molar-refractivity contribution in [3.63, 3.8) is 0 Å². The molecule has 1 saturated heterocycles. The Kier molecular flexibility index (Phi) is 10.1. The minimum atomic E-state index is -5.60. The van der Waals surface area contributed by atoms with E-state index in [0.717, 1.165) is 43.4 Å². The minimum absolute atomic E-state index is 0.168. The molecule has 0 bridgehead atoms. The van der Waals surface area contributed by atoms with E-state index in [1.807, 2.05) is 20.0 Å². The number of carbonyl (C=O) groups excluding carboxylic acids is 2. The first-order valence-corrected chi connectivity index (χ1v) is 17.6. The van der Waals surface area contributed by atoms with Crippen molar-refractivity contribution in [2.24, 2.45) is 23.2 Å². The normalized spacial score (nSPS) is 30.8. The van der Waals surface area contributed by atoms with E-state index >= 15 is 0 Å². The highest BCUT2D eigenvalue weighted by atomic mass is 32.2. The number of ether oxygens (including phenoxy) is 2. The Morgan fingerprint density at radius 2 is 1.84 bits per heavy atom. The van der Waals surface area contributed by atoms with Gasteiger partial charge in [-0.1, -0.05) is 13.0 Å². The van der Waals surface area contributed by atoms with Crippen molar-refractivity contribution >= 4 is 22.7 Å². The lowest BCUT2D eigenvalue weighted by Gasteiger charge is -2.52. The molecule has 7 atom stereocenters. The van der Waals surface area contributed by atoms with Crippen LogP contribution in [-0.4, -0.2) is 70.9 Å². The molecule has 0 amide bonds. The second kappa shape index (κ2) is 13.2. The third kappa shape index (κ3) is 7.26. The van der Waals surface area contributed by atoms with E-state index in [4.69, 9.17) is 9.47 Å². The van der Waals surface area contributed by atoms with Gasteiger partial charge in [0.25, 0.3) is 0 Å². The molecule has 2 unspecified atom stereocenters. The molecule has 0 aromatic heterocycles. The van der Waals surface area contributed by atoms with Gasteiger partial charge in [-0.3, -0.25) is 9.00 Å². The van der Waals surface area contributed by atoms with Crippen LogP contribution in [0.2, 0.25) is 0 Å². The maximum atomic E-state index is 13.3. The van der Waals surface area contributed by atoms with E-state index in [2.05, 4.69) is 17.9 Å². The molecule has 252 valence electrons. The minimum Gasteiger partial charge on any atom is -0.429 e. The zero-order valence-electron chi connectivity index (χ0n) is 26.2. The number of likely N-dealkylation sites (tertiary alicyclic amines) is 1. The molecule has 4 aliphatic rings. The van der Waals surface area contributed by atoms with Gasteiger partial charge in [-0.15, -0.1) is 0 Å². The predicted octanol–water partition coefficient (Wildman–Crippen LogP) is 7.37. The molecule has 3 fully saturated rings. The summed E-state index contributed by atoms with van der Waals surface area (Å²) in [6, 6.07) is 4.04. The summed E-state index contributed by atoms with van der Waals surface area (Å²) in [5.74, 6) is -3.11. The number of hydrogen-bond acceptors (Lipinski definition) is 6. The van der Waals surface area contributed by atoms with E-state index in [9.17, 15) is 35.8 Å². The number of hydrogen-bond donors (Lipinski definition) is 0. The van der Waals surface area contributed by atoms with Crippen molar-refractivity contribution in [1.82, 2.24) is 4.90 Å². The zero-order chi connectivity index (χ0) is 32.7. The van der Waals surface area contributed by atoms with Crippen molar-refractivity contribution in [2.45, 2.75) is 102 Å². The van der Waals surface area contributed by atoms with Crippen molar-refractivity contribution in [3.8, 4) is 5.75 Å².